The highest BCUT2D eigenvalue weighted by molar-refractivity contribution is 6.08. The number of carbonyl (C=O) groups is 2. The smallest absolute Gasteiger partial charge is 0.343 e. The van der Waals surface area contributed by atoms with Crippen molar-refractivity contribution in [1.29, 1.82) is 0 Å². The van der Waals surface area contributed by atoms with Crippen molar-refractivity contribution in [3.63, 3.8) is 0 Å². The molecule has 5 nitrogen and oxygen atoms in total. The molecule has 0 fully saturated rings. The molecule has 0 saturated heterocycles. The minimum Gasteiger partial charge on any atom is -0.422 e. The molecule has 0 spiro atoms. The first kappa shape index (κ1) is 19.3. The summed E-state index contributed by atoms with van der Waals surface area (Å²) in [4.78, 5) is 36.7. The molecular formula is C25H18O5. The maximum Gasteiger partial charge on any atom is 0.343 e. The molecule has 148 valence electrons. The predicted molar refractivity (Wildman–Crippen MR) is 114 cm³/mol. The van der Waals surface area contributed by atoms with Crippen LogP contribution in [0, 0.1) is 6.92 Å². The van der Waals surface area contributed by atoms with E-state index in [1.807, 2.05) is 42.5 Å². The zero-order valence-corrected chi connectivity index (χ0v) is 16.5. The Bertz CT molecular complexity index is 1320. The molecule has 0 unspecified atom stereocenters. The van der Waals surface area contributed by atoms with Gasteiger partial charge in [0.25, 0.3) is 0 Å². The number of benzene rings is 3. The Hall–Kier alpha value is -3.99. The molecule has 0 saturated carbocycles. The number of ketones is 1. The SMILES string of the molecule is CC(=O)c1c(OC(=O)c2ccc(-c3ccccc3)cc2)ccc2c(C)cc(=O)oc12. The summed E-state index contributed by atoms with van der Waals surface area (Å²) in [7, 11) is 0. The van der Waals surface area contributed by atoms with E-state index in [1.165, 1.54) is 13.0 Å². The summed E-state index contributed by atoms with van der Waals surface area (Å²) in [5.74, 6) is -0.913. The number of fused-ring (bicyclic) bond motifs is 1. The van der Waals surface area contributed by atoms with E-state index in [0.29, 0.717) is 16.5 Å². The van der Waals surface area contributed by atoms with Crippen LogP contribution in [-0.2, 0) is 0 Å². The monoisotopic (exact) mass is 398 g/mol. The average Bonchev–Trinajstić information content (AvgIpc) is 2.73. The summed E-state index contributed by atoms with van der Waals surface area (Å²) in [5, 5.41) is 0.617. The minimum atomic E-state index is -0.605. The van der Waals surface area contributed by atoms with Gasteiger partial charge in [0.2, 0.25) is 0 Å². The summed E-state index contributed by atoms with van der Waals surface area (Å²) in [6, 6.07) is 21.4. The lowest BCUT2D eigenvalue weighted by atomic mass is 10.0. The first-order chi connectivity index (χ1) is 14.4. The molecule has 0 amide bonds. The fraction of sp³-hybridized carbons (Fsp3) is 0.0800. The zero-order chi connectivity index (χ0) is 21.3. The van der Waals surface area contributed by atoms with Gasteiger partial charge in [-0.15, -0.1) is 0 Å². The van der Waals surface area contributed by atoms with E-state index in [-0.39, 0.29) is 22.7 Å². The lowest BCUT2D eigenvalue weighted by Crippen LogP contribution is -2.12. The second-order valence-electron chi connectivity index (χ2n) is 6.95. The van der Waals surface area contributed by atoms with Gasteiger partial charge in [-0.05, 0) is 54.8 Å². The highest BCUT2D eigenvalue weighted by atomic mass is 16.5. The molecule has 0 aliphatic rings. The maximum absolute atomic E-state index is 12.7. The van der Waals surface area contributed by atoms with Gasteiger partial charge >= 0.3 is 11.6 Å². The van der Waals surface area contributed by atoms with Crippen LogP contribution in [0.4, 0.5) is 0 Å². The van der Waals surface area contributed by atoms with Crippen LogP contribution in [0.15, 0.2) is 82.0 Å². The summed E-state index contributed by atoms with van der Waals surface area (Å²) in [5.41, 5.74) is 2.66. The van der Waals surface area contributed by atoms with Crippen LogP contribution >= 0.6 is 0 Å². The second-order valence-corrected chi connectivity index (χ2v) is 6.95. The van der Waals surface area contributed by atoms with Crippen LogP contribution in [0.2, 0.25) is 0 Å². The molecule has 4 rings (SSSR count). The number of carbonyl (C=O) groups excluding carboxylic acids is 2. The third kappa shape index (κ3) is 3.65. The normalized spacial score (nSPS) is 10.7. The second kappa shape index (κ2) is 7.79. The van der Waals surface area contributed by atoms with Gasteiger partial charge in [-0.3, -0.25) is 4.79 Å². The highest BCUT2D eigenvalue weighted by Gasteiger charge is 2.20. The van der Waals surface area contributed by atoms with Crippen molar-refractivity contribution in [2.75, 3.05) is 0 Å². The fourth-order valence-corrected chi connectivity index (χ4v) is 3.37. The quantitative estimate of drug-likeness (QED) is 0.205. The number of hydrogen-bond donors (Lipinski definition) is 0. The molecule has 4 aromatic rings. The third-order valence-electron chi connectivity index (χ3n) is 4.86. The number of aryl methyl sites for hydroxylation is 1. The lowest BCUT2D eigenvalue weighted by Gasteiger charge is -2.11. The van der Waals surface area contributed by atoms with E-state index >= 15 is 0 Å². The van der Waals surface area contributed by atoms with E-state index < -0.39 is 11.6 Å². The molecule has 0 aliphatic heterocycles. The van der Waals surface area contributed by atoms with Crippen LogP contribution in [-0.4, -0.2) is 11.8 Å². The number of esters is 1. The van der Waals surface area contributed by atoms with Gasteiger partial charge in [0, 0.05) is 11.5 Å². The van der Waals surface area contributed by atoms with Gasteiger partial charge in [0.15, 0.2) is 11.4 Å². The summed E-state index contributed by atoms with van der Waals surface area (Å²) < 4.78 is 10.8. The van der Waals surface area contributed by atoms with E-state index in [2.05, 4.69) is 0 Å². The van der Waals surface area contributed by atoms with Gasteiger partial charge in [0.05, 0.1) is 5.56 Å². The summed E-state index contributed by atoms with van der Waals surface area (Å²) in [6.07, 6.45) is 0. The molecule has 0 aliphatic carbocycles. The number of ether oxygens (including phenoxy) is 1. The van der Waals surface area contributed by atoms with Crippen molar-refractivity contribution >= 4 is 22.7 Å². The minimum absolute atomic E-state index is 0.0564. The summed E-state index contributed by atoms with van der Waals surface area (Å²) in [6.45, 7) is 3.09. The van der Waals surface area contributed by atoms with Gasteiger partial charge in [-0.25, -0.2) is 9.59 Å². The Balaban J connectivity index is 1.69. The third-order valence-corrected chi connectivity index (χ3v) is 4.86. The highest BCUT2D eigenvalue weighted by Crippen LogP contribution is 2.30. The van der Waals surface area contributed by atoms with Crippen LogP contribution in [0.25, 0.3) is 22.1 Å². The first-order valence-corrected chi connectivity index (χ1v) is 9.40. The largest absolute Gasteiger partial charge is 0.422 e. The molecule has 0 radical (unpaired) electrons. The molecule has 3 aromatic carbocycles. The van der Waals surface area contributed by atoms with Gasteiger partial charge in [0.1, 0.15) is 11.3 Å². The average molecular weight is 398 g/mol. The van der Waals surface area contributed by atoms with Crippen LogP contribution in [0.3, 0.4) is 0 Å². The van der Waals surface area contributed by atoms with E-state index in [1.54, 1.807) is 31.2 Å². The molecule has 5 heteroatoms. The molecule has 1 heterocycles. The van der Waals surface area contributed by atoms with Crippen LogP contribution < -0.4 is 10.4 Å². The predicted octanol–water partition coefficient (Wildman–Crippen LogP) is 5.19. The number of Topliss-reactive ketones (excluding diaryl/α,β-unsaturated/α-hetero) is 1. The number of rotatable bonds is 4. The summed E-state index contributed by atoms with van der Waals surface area (Å²) >= 11 is 0. The Morgan fingerprint density at radius 2 is 1.53 bits per heavy atom. The van der Waals surface area contributed by atoms with Crippen molar-refractivity contribution in [3.05, 3.63) is 99.9 Å². The van der Waals surface area contributed by atoms with Crippen molar-refractivity contribution in [2.45, 2.75) is 13.8 Å². The molecule has 0 atom stereocenters. The standard InChI is InChI=1S/C25H18O5/c1-15-14-22(27)30-24-20(15)12-13-21(23(24)16(2)26)29-25(28)19-10-8-18(9-11-19)17-6-4-3-5-7-17/h3-14H,1-2H3. The van der Waals surface area contributed by atoms with Crippen molar-refractivity contribution in [3.8, 4) is 16.9 Å². The Morgan fingerprint density at radius 1 is 0.867 bits per heavy atom. The van der Waals surface area contributed by atoms with E-state index in [4.69, 9.17) is 9.15 Å². The lowest BCUT2D eigenvalue weighted by molar-refractivity contribution is 0.0733. The van der Waals surface area contributed by atoms with E-state index in [9.17, 15) is 14.4 Å². The van der Waals surface area contributed by atoms with Gasteiger partial charge in [-0.1, -0.05) is 42.5 Å². The molecule has 30 heavy (non-hydrogen) atoms. The maximum atomic E-state index is 12.7. The molecule has 1 aromatic heterocycles. The van der Waals surface area contributed by atoms with Crippen LogP contribution in [0.1, 0.15) is 33.2 Å². The van der Waals surface area contributed by atoms with Gasteiger partial charge in [-0.2, -0.15) is 0 Å². The number of hydrogen-bond acceptors (Lipinski definition) is 5. The van der Waals surface area contributed by atoms with Crippen molar-refractivity contribution < 1.29 is 18.7 Å². The zero-order valence-electron chi connectivity index (χ0n) is 16.5. The van der Waals surface area contributed by atoms with Crippen molar-refractivity contribution in [2.24, 2.45) is 0 Å². The molecular weight excluding hydrogens is 380 g/mol. The Kier molecular flexibility index (Phi) is 5.02. The molecule has 0 N–H and O–H groups in total. The van der Waals surface area contributed by atoms with E-state index in [0.717, 1.165) is 11.1 Å². The fourth-order valence-electron chi connectivity index (χ4n) is 3.37. The Morgan fingerprint density at radius 3 is 2.20 bits per heavy atom. The van der Waals surface area contributed by atoms with Gasteiger partial charge < -0.3 is 9.15 Å². The first-order valence-electron chi connectivity index (χ1n) is 9.40. The van der Waals surface area contributed by atoms with Crippen LogP contribution in [0.5, 0.6) is 5.75 Å². The molecule has 0 bridgehead atoms. The Labute approximate surface area is 172 Å². The topological polar surface area (TPSA) is 73.6 Å². The van der Waals surface area contributed by atoms with Crippen molar-refractivity contribution in [1.82, 2.24) is 0 Å².